The number of aliphatic hydroxyl groups excluding tert-OH is 2. The van der Waals surface area contributed by atoms with Gasteiger partial charge in [-0.1, -0.05) is 62.4 Å². The Balaban J connectivity index is 1.98. The molecular weight excluding hydrogens is 547 g/mol. The van der Waals surface area contributed by atoms with Crippen molar-refractivity contribution in [2.75, 3.05) is 6.61 Å². The second-order valence-corrected chi connectivity index (χ2v) is 10.8. The molecule has 0 fully saturated rings. The fourth-order valence-electron chi connectivity index (χ4n) is 5.39. The summed E-state index contributed by atoms with van der Waals surface area (Å²) in [5.41, 5.74) is 5.88. The molecule has 0 saturated heterocycles. The van der Waals surface area contributed by atoms with Gasteiger partial charge < -0.3 is 24.6 Å². The van der Waals surface area contributed by atoms with E-state index in [4.69, 9.17) is 14.8 Å². The van der Waals surface area contributed by atoms with Crippen LogP contribution in [0.4, 0.5) is 10.1 Å². The van der Waals surface area contributed by atoms with Gasteiger partial charge in [-0.3, -0.25) is 4.79 Å². The van der Waals surface area contributed by atoms with E-state index in [-0.39, 0.29) is 24.6 Å². The number of carboxylic acid groups (broad SMARTS) is 1. The number of ether oxygens (including phenoxy) is 1. The summed E-state index contributed by atoms with van der Waals surface area (Å²) >= 11 is 0. The fraction of sp³-hybridized carbons (Fsp3) is 0.314. The molecular formula is C35H39FN2O5. The van der Waals surface area contributed by atoms with Gasteiger partial charge in [0.1, 0.15) is 5.82 Å². The number of hydrogen-bond donors (Lipinski definition) is 3. The average molecular weight is 587 g/mol. The molecule has 0 amide bonds. The zero-order valence-electron chi connectivity index (χ0n) is 24.8. The number of aromatic nitrogens is 1. The number of aliphatic carboxylic acids is 1. The minimum absolute atomic E-state index is 0.0113. The molecule has 3 aromatic carbocycles. The van der Waals surface area contributed by atoms with E-state index in [1.165, 1.54) is 12.1 Å². The summed E-state index contributed by atoms with van der Waals surface area (Å²) in [4.78, 5) is 16.0. The number of aliphatic imine (C=N–C) groups is 1. The summed E-state index contributed by atoms with van der Waals surface area (Å²) in [5.74, 6) is -1.03. The van der Waals surface area contributed by atoms with Gasteiger partial charge in [0.15, 0.2) is 0 Å². The number of hydrogen-bond acceptors (Lipinski definition) is 5. The smallest absolute Gasteiger partial charge is 0.305 e. The Morgan fingerprint density at radius 3 is 2.12 bits per heavy atom. The highest BCUT2D eigenvalue weighted by Gasteiger charge is 2.30. The first kappa shape index (κ1) is 31.7. The molecule has 0 aliphatic rings. The highest BCUT2D eigenvalue weighted by molar-refractivity contribution is 6.07. The van der Waals surface area contributed by atoms with Crippen LogP contribution in [0.15, 0.2) is 89.9 Å². The maximum atomic E-state index is 14.1. The fourth-order valence-corrected chi connectivity index (χ4v) is 5.39. The van der Waals surface area contributed by atoms with Crippen molar-refractivity contribution in [3.8, 4) is 22.4 Å². The first-order valence-electron chi connectivity index (χ1n) is 14.6. The quantitative estimate of drug-likeness (QED) is 0.114. The number of aliphatic hydroxyl groups is 2. The lowest BCUT2D eigenvalue weighted by Crippen LogP contribution is -2.22. The zero-order valence-corrected chi connectivity index (χ0v) is 24.8. The highest BCUT2D eigenvalue weighted by atomic mass is 19.1. The second-order valence-electron chi connectivity index (χ2n) is 10.8. The molecule has 8 heteroatoms. The van der Waals surface area contributed by atoms with Gasteiger partial charge in [0, 0.05) is 17.8 Å². The number of rotatable bonds is 13. The largest absolute Gasteiger partial charge is 0.481 e. The number of halogens is 1. The summed E-state index contributed by atoms with van der Waals surface area (Å²) in [6.07, 6.45) is -2.34. The van der Waals surface area contributed by atoms with E-state index in [0.29, 0.717) is 19.0 Å². The van der Waals surface area contributed by atoms with Crippen LogP contribution in [0, 0.1) is 5.82 Å². The molecule has 0 aliphatic carbocycles. The molecule has 0 bridgehead atoms. The number of carbonyl (C=O) groups is 1. The van der Waals surface area contributed by atoms with Crippen LogP contribution in [-0.2, 0) is 16.1 Å². The molecule has 4 aromatic rings. The standard InChI is InChI=1S/C35H39FN2O5/c1-4-43-35(37-27-13-9-6-10-14-27)32-31(24-11-7-5-8-12-24)34(25-15-17-26(36)18-16-25)38(33(32)23(2)3)20-19-28(39)21-29(40)22-30(41)42/h5-18,23,28-29,39-40H,4,19-22H2,1-3H3,(H,41,42)/t28-,29-/m1/s1. The van der Waals surface area contributed by atoms with Gasteiger partial charge in [0.25, 0.3) is 0 Å². The number of carboxylic acids is 1. The molecule has 226 valence electrons. The molecule has 0 saturated carbocycles. The van der Waals surface area contributed by atoms with E-state index in [0.717, 1.165) is 39.3 Å². The third kappa shape index (κ3) is 7.97. The Hall–Kier alpha value is -4.27. The molecule has 7 nitrogen and oxygen atoms in total. The minimum atomic E-state index is -1.16. The Bertz CT molecular complexity index is 1520. The van der Waals surface area contributed by atoms with Crippen molar-refractivity contribution in [1.82, 2.24) is 4.57 Å². The summed E-state index contributed by atoms with van der Waals surface area (Å²) < 4.78 is 22.5. The number of benzene rings is 3. The van der Waals surface area contributed by atoms with Crippen molar-refractivity contribution in [2.24, 2.45) is 4.99 Å². The summed E-state index contributed by atoms with van der Waals surface area (Å²) in [5, 5.41) is 30.0. The van der Waals surface area contributed by atoms with Crippen LogP contribution in [0.1, 0.15) is 57.2 Å². The summed E-state index contributed by atoms with van der Waals surface area (Å²) in [6.45, 7) is 6.81. The van der Waals surface area contributed by atoms with Crippen molar-refractivity contribution >= 4 is 17.6 Å². The van der Waals surface area contributed by atoms with Gasteiger partial charge in [0.2, 0.25) is 5.90 Å². The van der Waals surface area contributed by atoms with Gasteiger partial charge in [-0.05, 0) is 73.2 Å². The molecule has 1 heterocycles. The Morgan fingerprint density at radius 2 is 1.53 bits per heavy atom. The van der Waals surface area contributed by atoms with E-state index in [1.807, 2.05) is 67.6 Å². The molecule has 0 spiro atoms. The SMILES string of the molecule is CCOC(=Nc1ccccc1)c1c(-c2ccccc2)c(-c2ccc(F)cc2)n(CC[C@@H](O)C[C@@H](O)CC(=O)O)c1C(C)C. The second kappa shape index (κ2) is 14.8. The lowest BCUT2D eigenvalue weighted by atomic mass is 9.94. The average Bonchev–Trinajstić information content (AvgIpc) is 3.32. The van der Waals surface area contributed by atoms with E-state index < -0.39 is 24.6 Å². The predicted molar refractivity (Wildman–Crippen MR) is 167 cm³/mol. The normalized spacial score (nSPS) is 13.2. The molecule has 3 N–H and O–H groups in total. The first-order chi connectivity index (χ1) is 20.7. The maximum absolute atomic E-state index is 14.1. The van der Waals surface area contributed by atoms with Gasteiger partial charge in [-0.2, -0.15) is 0 Å². The first-order valence-corrected chi connectivity index (χ1v) is 14.6. The van der Waals surface area contributed by atoms with Crippen molar-refractivity contribution in [1.29, 1.82) is 0 Å². The van der Waals surface area contributed by atoms with Crippen LogP contribution in [0.5, 0.6) is 0 Å². The van der Waals surface area contributed by atoms with Crippen molar-refractivity contribution in [3.05, 3.63) is 102 Å². The summed E-state index contributed by atoms with van der Waals surface area (Å²) in [6, 6.07) is 25.8. The van der Waals surface area contributed by atoms with Crippen molar-refractivity contribution in [2.45, 2.75) is 64.7 Å². The van der Waals surface area contributed by atoms with Crippen molar-refractivity contribution < 1.29 is 29.2 Å². The van der Waals surface area contributed by atoms with Crippen molar-refractivity contribution in [3.63, 3.8) is 0 Å². The lowest BCUT2D eigenvalue weighted by Gasteiger charge is -2.20. The van der Waals surface area contributed by atoms with Gasteiger partial charge in [-0.15, -0.1) is 0 Å². The van der Waals surface area contributed by atoms with Gasteiger partial charge in [-0.25, -0.2) is 9.38 Å². The van der Waals surface area contributed by atoms with E-state index in [2.05, 4.69) is 18.4 Å². The Kier molecular flexibility index (Phi) is 10.9. The van der Waals surface area contributed by atoms with Gasteiger partial charge >= 0.3 is 5.97 Å². The van der Waals surface area contributed by atoms with Gasteiger partial charge in [0.05, 0.1) is 42.2 Å². The molecule has 0 unspecified atom stereocenters. The Labute approximate surface area is 251 Å². The monoisotopic (exact) mass is 586 g/mol. The van der Waals surface area contributed by atoms with Crippen LogP contribution < -0.4 is 0 Å². The molecule has 43 heavy (non-hydrogen) atoms. The molecule has 0 aliphatic heterocycles. The van der Waals surface area contributed by atoms with Crippen LogP contribution in [0.3, 0.4) is 0 Å². The zero-order chi connectivity index (χ0) is 30.9. The van der Waals surface area contributed by atoms with Crippen LogP contribution in [-0.4, -0.2) is 50.6 Å². The topological polar surface area (TPSA) is 104 Å². The summed E-state index contributed by atoms with van der Waals surface area (Å²) in [7, 11) is 0. The molecule has 1 aromatic heterocycles. The van der Waals surface area contributed by atoms with E-state index >= 15 is 0 Å². The third-order valence-electron chi connectivity index (χ3n) is 7.15. The lowest BCUT2D eigenvalue weighted by molar-refractivity contribution is -0.139. The van der Waals surface area contributed by atoms with E-state index in [1.54, 1.807) is 12.1 Å². The molecule has 0 radical (unpaired) electrons. The minimum Gasteiger partial charge on any atom is -0.481 e. The van der Waals surface area contributed by atoms with Crippen LogP contribution in [0.2, 0.25) is 0 Å². The number of nitrogens with zero attached hydrogens (tertiary/aromatic N) is 2. The Morgan fingerprint density at radius 1 is 0.907 bits per heavy atom. The van der Waals surface area contributed by atoms with Crippen LogP contribution >= 0.6 is 0 Å². The maximum Gasteiger partial charge on any atom is 0.305 e. The third-order valence-corrected chi connectivity index (χ3v) is 7.15. The highest BCUT2D eigenvalue weighted by Crippen LogP contribution is 2.43. The van der Waals surface area contributed by atoms with Crippen LogP contribution in [0.25, 0.3) is 22.4 Å². The van der Waals surface area contributed by atoms with E-state index in [9.17, 15) is 19.4 Å². The number of para-hydroxylation sites is 1. The molecule has 2 atom stereocenters. The molecule has 4 rings (SSSR count). The predicted octanol–water partition coefficient (Wildman–Crippen LogP) is 7.18.